The third kappa shape index (κ3) is 4.42. The summed E-state index contributed by atoms with van der Waals surface area (Å²) >= 11 is 0. The summed E-state index contributed by atoms with van der Waals surface area (Å²) in [6, 6.07) is 2.75. The Labute approximate surface area is 155 Å². The topological polar surface area (TPSA) is 68.0 Å². The zero-order valence-electron chi connectivity index (χ0n) is 15.5. The van der Waals surface area contributed by atoms with Crippen molar-refractivity contribution < 1.29 is 18.0 Å². The van der Waals surface area contributed by atoms with Gasteiger partial charge in [0, 0.05) is 19.6 Å². The van der Waals surface area contributed by atoms with E-state index in [4.69, 9.17) is 0 Å². The first-order chi connectivity index (χ1) is 12.6. The van der Waals surface area contributed by atoms with Gasteiger partial charge in [0.05, 0.1) is 30.2 Å². The highest BCUT2D eigenvalue weighted by molar-refractivity contribution is 5.74. The van der Waals surface area contributed by atoms with Gasteiger partial charge in [-0.15, -0.1) is 0 Å². The minimum Gasteiger partial charge on any atom is -0.338 e. The van der Waals surface area contributed by atoms with Crippen molar-refractivity contribution >= 4 is 6.03 Å². The predicted octanol–water partition coefficient (Wildman–Crippen LogP) is 2.58. The van der Waals surface area contributed by atoms with Crippen LogP contribution in [0.3, 0.4) is 0 Å². The molecule has 2 aromatic rings. The number of alkyl halides is 3. The van der Waals surface area contributed by atoms with Gasteiger partial charge in [0.1, 0.15) is 5.69 Å². The molecule has 0 spiro atoms. The molecule has 1 N–H and O–H groups in total. The second-order valence-electron chi connectivity index (χ2n) is 7.06. The third-order valence-corrected chi connectivity index (χ3v) is 4.49. The van der Waals surface area contributed by atoms with Crippen molar-refractivity contribution in [3.63, 3.8) is 0 Å². The molecule has 0 aromatic carbocycles. The van der Waals surface area contributed by atoms with Crippen LogP contribution in [0.25, 0.3) is 0 Å². The fourth-order valence-corrected chi connectivity index (χ4v) is 3.23. The van der Waals surface area contributed by atoms with Crippen molar-refractivity contribution in [1.82, 2.24) is 29.8 Å². The molecule has 1 atom stereocenters. The molecule has 148 valence electrons. The highest BCUT2D eigenvalue weighted by atomic mass is 19.4. The smallest absolute Gasteiger partial charge is 0.338 e. The molecule has 10 heteroatoms. The summed E-state index contributed by atoms with van der Waals surface area (Å²) in [4.78, 5) is 14.1. The minimum atomic E-state index is -4.45. The molecule has 0 aliphatic carbocycles. The first kappa shape index (κ1) is 19.2. The van der Waals surface area contributed by atoms with Crippen LogP contribution in [0.4, 0.5) is 18.0 Å². The zero-order valence-corrected chi connectivity index (χ0v) is 15.5. The third-order valence-electron chi connectivity index (χ3n) is 4.49. The number of nitrogens with zero attached hydrogens (tertiary/aromatic N) is 5. The minimum absolute atomic E-state index is 0.0783. The maximum absolute atomic E-state index is 13.0. The lowest BCUT2D eigenvalue weighted by Gasteiger charge is -2.28. The van der Waals surface area contributed by atoms with Crippen LogP contribution in [0.5, 0.6) is 0 Å². The van der Waals surface area contributed by atoms with Crippen LogP contribution < -0.4 is 5.32 Å². The second kappa shape index (κ2) is 7.24. The van der Waals surface area contributed by atoms with Gasteiger partial charge >= 0.3 is 12.2 Å². The highest BCUT2D eigenvalue weighted by Crippen LogP contribution is 2.30. The van der Waals surface area contributed by atoms with E-state index < -0.39 is 11.9 Å². The van der Waals surface area contributed by atoms with Crippen molar-refractivity contribution in [1.29, 1.82) is 0 Å². The number of aromatic nitrogens is 4. The van der Waals surface area contributed by atoms with Crippen molar-refractivity contribution in [2.75, 3.05) is 13.1 Å². The van der Waals surface area contributed by atoms with Crippen LogP contribution in [-0.4, -0.2) is 43.6 Å². The monoisotopic (exact) mass is 384 g/mol. The Bertz CT molecular complexity index is 825. The normalized spacial score (nSPS) is 15.6. The Morgan fingerprint density at radius 1 is 1.22 bits per heavy atom. The molecule has 1 aliphatic heterocycles. The summed E-state index contributed by atoms with van der Waals surface area (Å²) < 4.78 is 42.0. The molecule has 0 unspecified atom stereocenters. The molecule has 0 saturated carbocycles. The fraction of sp³-hybridized carbons (Fsp3) is 0.588. The summed E-state index contributed by atoms with van der Waals surface area (Å²) in [6.07, 6.45) is -4.45. The lowest BCUT2D eigenvalue weighted by atomic mass is 10.2. The number of rotatable bonds is 4. The number of carbonyl (C=O) groups excluding carboxylic acids is 1. The summed E-state index contributed by atoms with van der Waals surface area (Å²) in [5, 5.41) is 11.1. The van der Waals surface area contributed by atoms with Gasteiger partial charge in [0.25, 0.3) is 0 Å². The predicted molar refractivity (Wildman–Crippen MR) is 91.9 cm³/mol. The molecular weight excluding hydrogens is 361 g/mol. The Kier molecular flexibility index (Phi) is 5.16. The number of fused-ring (bicyclic) bond motifs is 1. The number of carbonyl (C=O) groups is 1. The summed E-state index contributed by atoms with van der Waals surface area (Å²) in [6.45, 7) is 7.21. The van der Waals surface area contributed by atoms with E-state index >= 15 is 0 Å². The van der Waals surface area contributed by atoms with E-state index in [0.29, 0.717) is 25.3 Å². The largest absolute Gasteiger partial charge is 0.433 e. The van der Waals surface area contributed by atoms with E-state index in [9.17, 15) is 18.0 Å². The Morgan fingerprint density at radius 2 is 1.93 bits per heavy atom. The van der Waals surface area contributed by atoms with Gasteiger partial charge in [-0.1, -0.05) is 6.92 Å². The Balaban J connectivity index is 1.54. The van der Waals surface area contributed by atoms with Crippen LogP contribution in [0.1, 0.15) is 29.7 Å². The molecular formula is C17H23F3N6O. The number of urea groups is 1. The Morgan fingerprint density at radius 3 is 2.63 bits per heavy atom. The summed E-state index contributed by atoms with van der Waals surface area (Å²) in [7, 11) is 0. The van der Waals surface area contributed by atoms with Crippen LogP contribution in [0, 0.1) is 19.8 Å². The molecule has 27 heavy (non-hydrogen) atoms. The zero-order chi connectivity index (χ0) is 19.8. The average molecular weight is 384 g/mol. The molecule has 0 radical (unpaired) electrons. The number of aryl methyl sites for hydroxylation is 2. The van der Waals surface area contributed by atoms with Gasteiger partial charge in [-0.05, 0) is 31.9 Å². The van der Waals surface area contributed by atoms with E-state index in [-0.39, 0.29) is 25.0 Å². The lowest BCUT2D eigenvalue weighted by Crippen LogP contribution is -2.45. The number of halogens is 3. The first-order valence-electron chi connectivity index (χ1n) is 8.81. The molecule has 3 heterocycles. The van der Waals surface area contributed by atoms with Gasteiger partial charge in [-0.2, -0.15) is 23.4 Å². The van der Waals surface area contributed by atoms with Crippen molar-refractivity contribution in [2.45, 2.75) is 46.6 Å². The summed E-state index contributed by atoms with van der Waals surface area (Å²) in [5.41, 5.74) is 1.44. The van der Waals surface area contributed by atoms with E-state index in [1.54, 1.807) is 11.8 Å². The number of hydrogen-bond donors (Lipinski definition) is 1. The molecule has 1 aliphatic rings. The van der Waals surface area contributed by atoms with E-state index in [1.807, 2.05) is 17.7 Å². The SMILES string of the molecule is Cc1cc2n(n1)CCN(C(=O)NC[C@H](C)Cn1nc(C)cc1C(F)(F)F)C2. The first-order valence-corrected chi connectivity index (χ1v) is 8.81. The highest BCUT2D eigenvalue weighted by Gasteiger charge is 2.35. The maximum atomic E-state index is 13.0. The van der Waals surface area contributed by atoms with Gasteiger partial charge in [0.15, 0.2) is 0 Å². The fourth-order valence-electron chi connectivity index (χ4n) is 3.23. The van der Waals surface area contributed by atoms with E-state index in [2.05, 4.69) is 15.5 Å². The molecule has 0 fully saturated rings. The molecule has 0 saturated heterocycles. The van der Waals surface area contributed by atoms with E-state index in [0.717, 1.165) is 22.1 Å². The van der Waals surface area contributed by atoms with Gasteiger partial charge in [-0.3, -0.25) is 9.36 Å². The van der Waals surface area contributed by atoms with Gasteiger partial charge in [0.2, 0.25) is 0 Å². The lowest BCUT2D eigenvalue weighted by molar-refractivity contribution is -0.144. The average Bonchev–Trinajstić information content (AvgIpc) is 3.12. The number of hydrogen-bond acceptors (Lipinski definition) is 3. The number of amides is 2. The van der Waals surface area contributed by atoms with Crippen LogP contribution in [0.15, 0.2) is 12.1 Å². The standard InChI is InChI=1S/C17H23F3N6O/c1-11(9-26-15(17(18,19)20)7-13(3)23-26)8-21-16(27)24-4-5-25-14(10-24)6-12(2)22-25/h6-7,11H,4-5,8-10H2,1-3H3,(H,21,27)/t11-/m0/s1. The number of nitrogens with one attached hydrogen (secondary N) is 1. The molecule has 2 amide bonds. The quantitative estimate of drug-likeness (QED) is 0.881. The van der Waals surface area contributed by atoms with Crippen molar-refractivity contribution in [3.05, 3.63) is 34.9 Å². The van der Waals surface area contributed by atoms with Crippen LogP contribution in [-0.2, 0) is 25.8 Å². The Hall–Kier alpha value is -2.52. The van der Waals surface area contributed by atoms with Crippen molar-refractivity contribution in [2.24, 2.45) is 5.92 Å². The van der Waals surface area contributed by atoms with Crippen molar-refractivity contribution in [3.8, 4) is 0 Å². The van der Waals surface area contributed by atoms with Crippen LogP contribution >= 0.6 is 0 Å². The maximum Gasteiger partial charge on any atom is 0.433 e. The summed E-state index contributed by atoms with van der Waals surface area (Å²) in [5.74, 6) is -0.202. The van der Waals surface area contributed by atoms with Gasteiger partial charge < -0.3 is 10.2 Å². The molecule has 7 nitrogen and oxygen atoms in total. The molecule has 3 rings (SSSR count). The molecule has 2 aromatic heterocycles. The van der Waals surface area contributed by atoms with Gasteiger partial charge in [-0.25, -0.2) is 4.79 Å². The second-order valence-corrected chi connectivity index (χ2v) is 7.06. The van der Waals surface area contributed by atoms with Crippen LogP contribution in [0.2, 0.25) is 0 Å². The van der Waals surface area contributed by atoms with E-state index in [1.165, 1.54) is 6.92 Å². The molecule has 0 bridgehead atoms.